The van der Waals surface area contributed by atoms with Crippen LogP contribution in [0.2, 0.25) is 0 Å². The molecule has 3 aliphatic carbocycles. The van der Waals surface area contributed by atoms with Crippen molar-refractivity contribution >= 4 is 35.6 Å². The van der Waals surface area contributed by atoms with E-state index in [4.69, 9.17) is 28.4 Å². The fourth-order valence-electron chi connectivity index (χ4n) is 11.1. The maximum atomic E-state index is 15.6. The largest absolute Gasteiger partial charge is 0.456 e. The lowest BCUT2D eigenvalue weighted by molar-refractivity contribution is -0.346. The van der Waals surface area contributed by atoms with Crippen molar-refractivity contribution in [1.29, 1.82) is 0 Å². The number of esters is 4. The van der Waals surface area contributed by atoms with Crippen LogP contribution in [0.3, 0.4) is 0 Å². The molecule has 15 nitrogen and oxygen atoms in total. The van der Waals surface area contributed by atoms with Crippen LogP contribution >= 0.6 is 0 Å². The molecule has 3 aromatic carbocycles. The van der Waals surface area contributed by atoms with Crippen molar-refractivity contribution in [2.24, 2.45) is 16.7 Å². The van der Waals surface area contributed by atoms with Crippen molar-refractivity contribution in [2.75, 3.05) is 6.61 Å². The molecule has 338 valence electrons. The second-order valence-corrected chi connectivity index (χ2v) is 18.3. The Morgan fingerprint density at radius 3 is 1.97 bits per heavy atom. The zero-order chi connectivity index (χ0) is 46.1. The van der Waals surface area contributed by atoms with E-state index in [0.717, 1.165) is 6.92 Å². The predicted molar refractivity (Wildman–Crippen MR) is 225 cm³/mol. The quantitative estimate of drug-likeness (QED) is 0.177. The number of rotatable bonds is 8. The topological polar surface area (TPSA) is 201 Å². The molecule has 8 rings (SSSR count). The minimum Gasteiger partial charge on any atom is -0.456 e. The van der Waals surface area contributed by atoms with Gasteiger partial charge in [-0.1, -0.05) is 80.6 Å². The third kappa shape index (κ3) is 6.95. The van der Waals surface area contributed by atoms with Gasteiger partial charge in [0.2, 0.25) is 0 Å². The zero-order valence-corrected chi connectivity index (χ0v) is 36.7. The Hall–Kier alpha value is -5.74. The number of ketones is 1. The molecule has 0 radical (unpaired) electrons. The molecule has 2 N–H and O–H groups in total. The van der Waals surface area contributed by atoms with Gasteiger partial charge in [-0.15, -0.1) is 0 Å². The lowest BCUT2D eigenvalue weighted by atomic mass is 9.44. The van der Waals surface area contributed by atoms with Crippen LogP contribution in [0.1, 0.15) is 93.6 Å². The van der Waals surface area contributed by atoms with E-state index in [9.17, 15) is 34.2 Å². The number of aliphatic hydroxyl groups excluding tert-OH is 1. The molecule has 0 unspecified atom stereocenters. The second kappa shape index (κ2) is 16.4. The fraction of sp³-hybridized carbons (Fsp3) is 0.469. The fourth-order valence-corrected chi connectivity index (χ4v) is 11.1. The van der Waals surface area contributed by atoms with Crippen LogP contribution in [0.15, 0.2) is 102 Å². The van der Waals surface area contributed by atoms with Crippen molar-refractivity contribution in [3.8, 4) is 0 Å². The standard InChI is InChI=1S/C49H53NO14/c1-26-33(62-45(57)39-37(30-17-11-8-12-18-30)50(27(2)60-39)43(55)31-19-13-9-14-20-31)24-49(58)42(63-44(56)32-21-15-10-16-22-32)40-47(7,34(53)23-35-48(40,25-59-35)64-29(4)52)41(54)38(61-28(3)51)36(26)46(49,5)6/h8-22,27,33-35,37-40,42,53,58H,23-25H2,1-7H3/t27-,33+,34+,35-,37+,38-,39-,40+,42+,47-,48+,49-/m1/s1. The molecule has 1 amide bonds. The Bertz CT molecular complexity index is 2390. The van der Waals surface area contributed by atoms with Gasteiger partial charge >= 0.3 is 23.9 Å². The van der Waals surface area contributed by atoms with Crippen LogP contribution in [0.5, 0.6) is 0 Å². The lowest BCUT2D eigenvalue weighted by Crippen LogP contribution is -2.82. The van der Waals surface area contributed by atoms with E-state index in [2.05, 4.69) is 0 Å². The van der Waals surface area contributed by atoms with Crippen LogP contribution in [-0.4, -0.2) is 111 Å². The Kier molecular flexibility index (Phi) is 11.5. The summed E-state index contributed by atoms with van der Waals surface area (Å²) in [5, 5.41) is 25.9. The summed E-state index contributed by atoms with van der Waals surface area (Å²) in [7, 11) is 0. The van der Waals surface area contributed by atoms with Crippen molar-refractivity contribution in [3.05, 3.63) is 119 Å². The average Bonchev–Trinajstić information content (AvgIpc) is 3.61. The van der Waals surface area contributed by atoms with Gasteiger partial charge in [0.05, 0.1) is 35.6 Å². The number of benzene rings is 3. The number of ether oxygens (including phenoxy) is 6. The Morgan fingerprint density at radius 2 is 1.41 bits per heavy atom. The van der Waals surface area contributed by atoms with Gasteiger partial charge in [-0.25, -0.2) is 9.59 Å². The van der Waals surface area contributed by atoms with Crippen LogP contribution in [0.4, 0.5) is 0 Å². The monoisotopic (exact) mass is 879 g/mol. The summed E-state index contributed by atoms with van der Waals surface area (Å²) in [6.45, 7) is 9.88. The van der Waals surface area contributed by atoms with Gasteiger partial charge in [0.15, 0.2) is 23.6 Å². The van der Waals surface area contributed by atoms with E-state index in [1.165, 1.54) is 30.9 Å². The molecule has 12 atom stereocenters. The van der Waals surface area contributed by atoms with Crippen LogP contribution in [0.25, 0.3) is 0 Å². The average molecular weight is 880 g/mol. The van der Waals surface area contributed by atoms with E-state index in [-0.39, 0.29) is 29.7 Å². The maximum absolute atomic E-state index is 15.6. The molecule has 2 saturated heterocycles. The molecule has 64 heavy (non-hydrogen) atoms. The maximum Gasteiger partial charge on any atom is 0.338 e. The molecular formula is C49H53NO14. The predicted octanol–water partition coefficient (Wildman–Crippen LogP) is 4.83. The highest BCUT2D eigenvalue weighted by Gasteiger charge is 2.78. The van der Waals surface area contributed by atoms with Crippen molar-refractivity contribution in [1.82, 2.24) is 4.90 Å². The number of amides is 1. The molecule has 2 aliphatic heterocycles. The van der Waals surface area contributed by atoms with Gasteiger partial charge in [0.1, 0.15) is 30.1 Å². The van der Waals surface area contributed by atoms with Crippen LogP contribution in [-0.2, 0) is 47.6 Å². The molecule has 3 aromatic rings. The minimum atomic E-state index is -2.34. The number of aliphatic hydroxyl groups is 2. The Morgan fingerprint density at radius 1 is 0.812 bits per heavy atom. The summed E-state index contributed by atoms with van der Waals surface area (Å²) in [6.07, 6.45) is -10.5. The summed E-state index contributed by atoms with van der Waals surface area (Å²) in [4.78, 5) is 86.6. The highest BCUT2D eigenvalue weighted by Crippen LogP contribution is 2.64. The smallest absolute Gasteiger partial charge is 0.338 e. The highest BCUT2D eigenvalue weighted by molar-refractivity contribution is 5.96. The Labute approximate surface area is 370 Å². The van der Waals surface area contributed by atoms with Crippen molar-refractivity contribution < 1.29 is 67.4 Å². The Balaban J connectivity index is 1.29. The zero-order valence-electron chi connectivity index (χ0n) is 36.7. The second-order valence-electron chi connectivity index (χ2n) is 18.3. The number of hydrogen-bond acceptors (Lipinski definition) is 14. The van der Waals surface area contributed by atoms with Gasteiger partial charge < -0.3 is 43.5 Å². The van der Waals surface area contributed by atoms with Gasteiger partial charge in [-0.2, -0.15) is 0 Å². The molecule has 5 aliphatic rings. The molecule has 2 bridgehead atoms. The molecule has 4 fully saturated rings. The van der Waals surface area contributed by atoms with Crippen molar-refractivity contribution in [3.63, 3.8) is 0 Å². The van der Waals surface area contributed by atoms with Gasteiger partial charge in [-0.05, 0) is 61.7 Å². The number of carbonyl (C=O) groups is 6. The van der Waals surface area contributed by atoms with Crippen LogP contribution < -0.4 is 0 Å². The van der Waals surface area contributed by atoms with E-state index >= 15 is 4.79 Å². The van der Waals surface area contributed by atoms with Crippen molar-refractivity contribution in [2.45, 2.75) is 121 Å². The lowest BCUT2D eigenvalue weighted by Gasteiger charge is -2.67. The molecule has 2 saturated carbocycles. The summed E-state index contributed by atoms with van der Waals surface area (Å²) in [5.74, 6) is -6.18. The first-order chi connectivity index (χ1) is 30.3. The van der Waals surface area contributed by atoms with Crippen LogP contribution in [0, 0.1) is 16.7 Å². The first-order valence-corrected chi connectivity index (χ1v) is 21.5. The van der Waals surface area contributed by atoms with E-state index in [0.29, 0.717) is 11.1 Å². The SMILES string of the molecule is CC(=O)O[C@H]1C(=O)[C@@]2(C)[C@H]([C@H](OC(=O)c3ccccc3)[C@]3(O)C[C@H](OC(=O)[C@@H]4O[C@H](C)N(C(=O)c5ccccc5)[C@H]4c4ccccc4)C(C)=C1C3(C)C)[C@]1(OC(C)=O)CO[C@@H]1C[C@@H]2O. The molecular weight excluding hydrogens is 827 g/mol. The number of fused-ring (bicyclic) bond motifs is 5. The summed E-state index contributed by atoms with van der Waals surface area (Å²) in [6, 6.07) is 24.4. The molecule has 0 aromatic heterocycles. The third-order valence-corrected chi connectivity index (χ3v) is 14.4. The highest BCUT2D eigenvalue weighted by atomic mass is 16.6. The minimum absolute atomic E-state index is 0.0570. The molecule has 2 heterocycles. The van der Waals surface area contributed by atoms with E-state index < -0.39 is 119 Å². The molecule has 0 spiro atoms. The number of hydrogen-bond donors (Lipinski definition) is 2. The normalized spacial score (nSPS) is 35.0. The summed E-state index contributed by atoms with van der Waals surface area (Å²) >= 11 is 0. The first-order valence-electron chi connectivity index (χ1n) is 21.5. The van der Waals surface area contributed by atoms with Gasteiger partial charge in [0.25, 0.3) is 5.91 Å². The van der Waals surface area contributed by atoms with E-state index in [1.807, 2.05) is 0 Å². The summed E-state index contributed by atoms with van der Waals surface area (Å²) in [5.41, 5.74) is -6.39. The first kappa shape index (κ1) is 44.9. The number of carbonyl (C=O) groups excluding carboxylic acids is 6. The van der Waals surface area contributed by atoms with E-state index in [1.54, 1.807) is 107 Å². The number of nitrogens with zero attached hydrogens (tertiary/aromatic N) is 1. The summed E-state index contributed by atoms with van der Waals surface area (Å²) < 4.78 is 37.1. The molecule has 15 heteroatoms. The third-order valence-electron chi connectivity index (χ3n) is 14.4. The number of Topliss-reactive ketones (excluding diaryl/α,β-unsaturated/α-hetero) is 1. The van der Waals surface area contributed by atoms with Gasteiger partial charge in [-0.3, -0.25) is 19.2 Å². The van der Waals surface area contributed by atoms with Gasteiger partial charge in [0, 0.05) is 37.7 Å².